The van der Waals surface area contributed by atoms with Gasteiger partial charge >= 0.3 is 0 Å². The van der Waals surface area contributed by atoms with E-state index in [0.29, 0.717) is 25.4 Å². The number of aryl methyl sites for hydroxylation is 1. The number of amides is 1. The minimum atomic E-state index is -0.00678. The lowest BCUT2D eigenvalue weighted by molar-refractivity contribution is 0.0739. The Bertz CT molecular complexity index is 809. The normalized spacial score (nSPS) is 16.8. The van der Waals surface area contributed by atoms with Crippen LogP contribution in [0.1, 0.15) is 22.5 Å². The summed E-state index contributed by atoms with van der Waals surface area (Å²) in [6, 6.07) is 7.99. The summed E-state index contributed by atoms with van der Waals surface area (Å²) in [5.41, 5.74) is 2.44. The summed E-state index contributed by atoms with van der Waals surface area (Å²) in [4.78, 5) is 17.1. The molecular weight excluding hydrogens is 332 g/mol. The third-order valence-electron chi connectivity index (χ3n) is 5.08. The van der Waals surface area contributed by atoms with Crippen LogP contribution in [0.25, 0.3) is 0 Å². The van der Waals surface area contributed by atoms with Gasteiger partial charge in [-0.15, -0.1) is 0 Å². The molecule has 1 fully saturated rings. The van der Waals surface area contributed by atoms with Crippen molar-refractivity contribution in [3.05, 3.63) is 35.5 Å². The molecule has 1 amide bonds. The van der Waals surface area contributed by atoms with Crippen LogP contribution in [-0.2, 0) is 6.54 Å². The Balaban J connectivity index is 1.47. The third kappa shape index (κ3) is 2.87. The van der Waals surface area contributed by atoms with Gasteiger partial charge in [0, 0.05) is 44.7 Å². The van der Waals surface area contributed by atoms with Crippen LogP contribution in [0.2, 0.25) is 0 Å². The molecule has 0 N–H and O–H groups in total. The SMILES string of the molecule is COc1ccccc1N1CCN(C(=O)c2nn3c(c2C)OCCC3)CC1. The summed E-state index contributed by atoms with van der Waals surface area (Å²) in [5, 5.41) is 4.50. The van der Waals surface area contributed by atoms with E-state index < -0.39 is 0 Å². The highest BCUT2D eigenvalue weighted by atomic mass is 16.5. The number of carbonyl (C=O) groups excluding carboxylic acids is 1. The van der Waals surface area contributed by atoms with Crippen molar-refractivity contribution >= 4 is 11.6 Å². The molecule has 1 aromatic heterocycles. The number of fused-ring (bicyclic) bond motifs is 1. The lowest BCUT2D eigenvalue weighted by Crippen LogP contribution is -2.49. The van der Waals surface area contributed by atoms with Crippen LogP contribution in [-0.4, -0.2) is 60.5 Å². The monoisotopic (exact) mass is 356 g/mol. The number of rotatable bonds is 3. The molecule has 0 radical (unpaired) electrons. The molecule has 4 rings (SSSR count). The molecule has 2 aliphatic heterocycles. The topological polar surface area (TPSA) is 59.8 Å². The zero-order valence-electron chi connectivity index (χ0n) is 15.3. The summed E-state index contributed by atoms with van der Waals surface area (Å²) in [6.07, 6.45) is 0.930. The lowest BCUT2D eigenvalue weighted by Gasteiger charge is -2.36. The molecule has 2 aromatic rings. The number of anilines is 1. The van der Waals surface area contributed by atoms with Gasteiger partial charge in [-0.25, -0.2) is 4.68 Å². The Kier molecular flexibility index (Phi) is 4.44. The summed E-state index contributed by atoms with van der Waals surface area (Å²) in [5.74, 6) is 1.60. The van der Waals surface area contributed by atoms with E-state index in [0.717, 1.165) is 48.9 Å². The van der Waals surface area contributed by atoms with Crippen molar-refractivity contribution in [3.8, 4) is 11.6 Å². The third-order valence-corrected chi connectivity index (χ3v) is 5.08. The molecule has 1 aromatic carbocycles. The van der Waals surface area contributed by atoms with Crippen LogP contribution in [0.15, 0.2) is 24.3 Å². The molecule has 0 unspecified atom stereocenters. The van der Waals surface area contributed by atoms with Crippen LogP contribution in [0.4, 0.5) is 5.69 Å². The van der Waals surface area contributed by atoms with E-state index in [-0.39, 0.29) is 5.91 Å². The molecule has 7 nitrogen and oxygen atoms in total. The van der Waals surface area contributed by atoms with Gasteiger partial charge in [0.1, 0.15) is 5.75 Å². The molecular formula is C19H24N4O3. The average Bonchev–Trinajstić information content (AvgIpc) is 3.04. The minimum absolute atomic E-state index is 0.00678. The first-order valence-electron chi connectivity index (χ1n) is 9.06. The van der Waals surface area contributed by atoms with Crippen molar-refractivity contribution in [2.24, 2.45) is 0 Å². The van der Waals surface area contributed by atoms with Crippen LogP contribution in [0.5, 0.6) is 11.6 Å². The van der Waals surface area contributed by atoms with E-state index in [9.17, 15) is 4.79 Å². The van der Waals surface area contributed by atoms with Gasteiger partial charge in [-0.1, -0.05) is 12.1 Å². The lowest BCUT2D eigenvalue weighted by atomic mass is 10.2. The Morgan fingerprint density at radius 1 is 1.15 bits per heavy atom. The standard InChI is InChI=1S/C19H24N4O3/c1-14-17(20-23-8-5-13-26-19(14)23)18(24)22-11-9-21(10-12-22)15-6-3-4-7-16(15)25-2/h3-4,6-7H,5,8-13H2,1-2H3. The van der Waals surface area contributed by atoms with Crippen molar-refractivity contribution in [2.75, 3.05) is 44.8 Å². The minimum Gasteiger partial charge on any atom is -0.495 e. The molecule has 0 saturated carbocycles. The van der Waals surface area contributed by atoms with Gasteiger partial charge in [0.25, 0.3) is 5.91 Å². The molecule has 2 aliphatic rings. The number of benzene rings is 1. The van der Waals surface area contributed by atoms with Gasteiger partial charge in [-0.2, -0.15) is 5.10 Å². The van der Waals surface area contributed by atoms with Gasteiger partial charge in [-0.05, 0) is 19.1 Å². The first kappa shape index (κ1) is 16.8. The second-order valence-electron chi connectivity index (χ2n) is 6.66. The van der Waals surface area contributed by atoms with Crippen LogP contribution in [0, 0.1) is 6.92 Å². The number of para-hydroxylation sites is 2. The van der Waals surface area contributed by atoms with Crippen LogP contribution in [0.3, 0.4) is 0 Å². The van der Waals surface area contributed by atoms with Gasteiger partial charge < -0.3 is 19.3 Å². The summed E-state index contributed by atoms with van der Waals surface area (Å²) in [7, 11) is 1.68. The average molecular weight is 356 g/mol. The zero-order chi connectivity index (χ0) is 18.1. The molecule has 7 heteroatoms. The number of hydrogen-bond acceptors (Lipinski definition) is 5. The molecule has 1 saturated heterocycles. The Morgan fingerprint density at radius 3 is 2.65 bits per heavy atom. The van der Waals surface area contributed by atoms with E-state index in [1.807, 2.05) is 34.7 Å². The second kappa shape index (κ2) is 6.90. The van der Waals surface area contributed by atoms with Crippen LogP contribution >= 0.6 is 0 Å². The van der Waals surface area contributed by atoms with E-state index in [1.165, 1.54) is 0 Å². The Labute approximate surface area is 153 Å². The molecule has 0 atom stereocenters. The van der Waals surface area contributed by atoms with E-state index in [1.54, 1.807) is 7.11 Å². The van der Waals surface area contributed by atoms with E-state index in [2.05, 4.69) is 16.1 Å². The van der Waals surface area contributed by atoms with Gasteiger partial charge in [0.05, 0.1) is 19.4 Å². The van der Waals surface area contributed by atoms with Crippen LogP contribution < -0.4 is 14.4 Å². The quantitative estimate of drug-likeness (QED) is 0.841. The number of methoxy groups -OCH3 is 1. The predicted octanol–water partition coefficient (Wildman–Crippen LogP) is 1.95. The number of ether oxygens (including phenoxy) is 2. The smallest absolute Gasteiger partial charge is 0.274 e. The molecule has 0 bridgehead atoms. The molecule has 138 valence electrons. The molecule has 0 aliphatic carbocycles. The molecule has 0 spiro atoms. The molecule has 3 heterocycles. The first-order valence-corrected chi connectivity index (χ1v) is 9.06. The van der Waals surface area contributed by atoms with Gasteiger partial charge in [0.2, 0.25) is 5.88 Å². The fraction of sp³-hybridized carbons (Fsp3) is 0.474. The predicted molar refractivity (Wildman–Crippen MR) is 98.2 cm³/mol. The summed E-state index contributed by atoms with van der Waals surface area (Å²) < 4.78 is 13.0. The first-order chi connectivity index (χ1) is 12.7. The number of aromatic nitrogens is 2. The van der Waals surface area contributed by atoms with Gasteiger partial charge in [0.15, 0.2) is 5.69 Å². The summed E-state index contributed by atoms with van der Waals surface area (Å²) >= 11 is 0. The van der Waals surface area contributed by atoms with Gasteiger partial charge in [-0.3, -0.25) is 4.79 Å². The highest BCUT2D eigenvalue weighted by molar-refractivity contribution is 5.94. The maximum atomic E-state index is 13.0. The Morgan fingerprint density at radius 2 is 1.92 bits per heavy atom. The highest BCUT2D eigenvalue weighted by Crippen LogP contribution is 2.29. The fourth-order valence-electron chi connectivity index (χ4n) is 3.65. The maximum Gasteiger partial charge on any atom is 0.274 e. The van der Waals surface area contributed by atoms with Crippen molar-refractivity contribution < 1.29 is 14.3 Å². The van der Waals surface area contributed by atoms with Crippen molar-refractivity contribution in [2.45, 2.75) is 19.9 Å². The Hall–Kier alpha value is -2.70. The fourth-order valence-corrected chi connectivity index (χ4v) is 3.65. The number of carbonyl (C=O) groups is 1. The maximum absolute atomic E-state index is 13.0. The van der Waals surface area contributed by atoms with Crippen molar-refractivity contribution in [3.63, 3.8) is 0 Å². The number of nitrogens with zero attached hydrogens (tertiary/aromatic N) is 4. The zero-order valence-corrected chi connectivity index (χ0v) is 15.3. The van der Waals surface area contributed by atoms with Crippen molar-refractivity contribution in [1.29, 1.82) is 0 Å². The number of hydrogen-bond donors (Lipinski definition) is 0. The van der Waals surface area contributed by atoms with E-state index >= 15 is 0 Å². The largest absolute Gasteiger partial charge is 0.495 e. The van der Waals surface area contributed by atoms with E-state index in [4.69, 9.17) is 9.47 Å². The number of piperazine rings is 1. The van der Waals surface area contributed by atoms with Crippen molar-refractivity contribution in [1.82, 2.24) is 14.7 Å². The molecule has 26 heavy (non-hydrogen) atoms. The second-order valence-corrected chi connectivity index (χ2v) is 6.66. The summed E-state index contributed by atoms with van der Waals surface area (Å²) in [6.45, 7) is 6.30. The highest BCUT2D eigenvalue weighted by Gasteiger charge is 2.29.